The average Bonchev–Trinajstić information content (AvgIpc) is 3.52. The molecule has 0 fully saturated rings. The molecule has 2 aromatic rings. The van der Waals surface area contributed by atoms with Crippen molar-refractivity contribution in [2.75, 3.05) is 33.3 Å². The van der Waals surface area contributed by atoms with Crippen molar-refractivity contribution in [3.63, 3.8) is 0 Å². The van der Waals surface area contributed by atoms with Crippen molar-refractivity contribution < 1.29 is 28.7 Å². The third-order valence-electron chi connectivity index (χ3n) is 7.30. The number of nitrogens with zero attached hydrogens (tertiary/aromatic N) is 2. The van der Waals surface area contributed by atoms with Crippen molar-refractivity contribution in [3.05, 3.63) is 63.7 Å². The van der Waals surface area contributed by atoms with E-state index in [0.717, 1.165) is 17.4 Å². The summed E-state index contributed by atoms with van der Waals surface area (Å²) in [4.78, 5) is 52.4. The van der Waals surface area contributed by atoms with Crippen LogP contribution in [0.4, 0.5) is 4.79 Å². The van der Waals surface area contributed by atoms with Gasteiger partial charge in [0.1, 0.15) is 24.7 Å². The monoisotopic (exact) mass is 570 g/mol. The molecule has 0 aliphatic carbocycles. The molecule has 10 nitrogen and oxygen atoms in total. The highest BCUT2D eigenvalue weighted by molar-refractivity contribution is 6.30. The summed E-state index contributed by atoms with van der Waals surface area (Å²) in [5.41, 5.74) is 3.36. The van der Waals surface area contributed by atoms with Gasteiger partial charge in [0.05, 0.1) is 25.8 Å². The second kappa shape index (κ2) is 13.6. The highest BCUT2D eigenvalue weighted by Crippen LogP contribution is 2.35. The van der Waals surface area contributed by atoms with Crippen LogP contribution < -0.4 is 15.4 Å². The van der Waals surface area contributed by atoms with E-state index in [1.165, 1.54) is 11.9 Å². The van der Waals surface area contributed by atoms with Gasteiger partial charge in [-0.1, -0.05) is 23.7 Å². The van der Waals surface area contributed by atoms with Crippen LogP contribution in [0.5, 0.6) is 5.75 Å². The number of carbonyl (C=O) groups excluding carboxylic acids is 4. The van der Waals surface area contributed by atoms with Crippen LogP contribution in [0.25, 0.3) is 0 Å². The lowest BCUT2D eigenvalue weighted by atomic mass is 10.0. The maximum absolute atomic E-state index is 13.1. The largest absolute Gasteiger partial charge is 0.491 e. The van der Waals surface area contributed by atoms with E-state index < -0.39 is 6.04 Å². The molecule has 0 spiro atoms. The first-order valence-corrected chi connectivity index (χ1v) is 13.9. The van der Waals surface area contributed by atoms with Crippen molar-refractivity contribution in [3.8, 4) is 5.75 Å². The van der Waals surface area contributed by atoms with Crippen LogP contribution >= 0.6 is 11.6 Å². The molecule has 2 aromatic carbocycles. The number of carbonyl (C=O) groups is 4. The minimum atomic E-state index is -0.748. The Balaban J connectivity index is 1.28. The van der Waals surface area contributed by atoms with Gasteiger partial charge >= 0.3 is 6.03 Å². The zero-order valence-corrected chi connectivity index (χ0v) is 23.5. The van der Waals surface area contributed by atoms with E-state index in [2.05, 4.69) is 10.6 Å². The Kier molecular flexibility index (Phi) is 10.0. The van der Waals surface area contributed by atoms with Crippen molar-refractivity contribution in [2.45, 2.75) is 51.5 Å². The number of halogens is 1. The van der Waals surface area contributed by atoms with Gasteiger partial charge in [0, 0.05) is 42.7 Å². The molecular formula is C29H35ClN4O6. The fraction of sp³-hybridized carbons (Fsp3) is 0.448. The first-order chi connectivity index (χ1) is 19.4. The van der Waals surface area contributed by atoms with Crippen molar-refractivity contribution in [2.24, 2.45) is 0 Å². The van der Waals surface area contributed by atoms with Crippen molar-refractivity contribution >= 4 is 35.7 Å². The number of urea groups is 1. The summed E-state index contributed by atoms with van der Waals surface area (Å²) in [6, 6.07) is 10.0. The molecule has 4 rings (SSSR count). The zero-order valence-electron chi connectivity index (χ0n) is 22.8. The highest BCUT2D eigenvalue weighted by Gasteiger charge is 2.37. The van der Waals surface area contributed by atoms with Crippen LogP contribution in [0.3, 0.4) is 0 Å². The summed E-state index contributed by atoms with van der Waals surface area (Å²) >= 11 is 6.15. The number of ether oxygens (including phenoxy) is 2. The number of aldehydes is 1. The summed E-state index contributed by atoms with van der Waals surface area (Å²) in [6.45, 7) is 4.22. The molecule has 40 heavy (non-hydrogen) atoms. The maximum atomic E-state index is 13.1. The molecule has 214 valence electrons. The summed E-state index contributed by atoms with van der Waals surface area (Å²) in [6.07, 6.45) is 1.72. The Hall–Kier alpha value is -3.63. The van der Waals surface area contributed by atoms with Crippen molar-refractivity contribution in [1.29, 1.82) is 0 Å². The Morgan fingerprint density at radius 1 is 1.30 bits per heavy atom. The fourth-order valence-corrected chi connectivity index (χ4v) is 5.34. The Morgan fingerprint density at radius 2 is 2.12 bits per heavy atom. The quantitative estimate of drug-likeness (QED) is 0.281. The minimum Gasteiger partial charge on any atom is -0.491 e. The molecule has 2 heterocycles. The Morgan fingerprint density at radius 3 is 2.88 bits per heavy atom. The van der Waals surface area contributed by atoms with Gasteiger partial charge in [-0.15, -0.1) is 0 Å². The predicted molar refractivity (Wildman–Crippen MR) is 149 cm³/mol. The van der Waals surface area contributed by atoms with Gasteiger partial charge < -0.3 is 34.7 Å². The topological polar surface area (TPSA) is 117 Å². The van der Waals surface area contributed by atoms with Gasteiger partial charge in [-0.3, -0.25) is 9.59 Å². The van der Waals surface area contributed by atoms with Crippen molar-refractivity contribution in [1.82, 2.24) is 20.4 Å². The van der Waals surface area contributed by atoms with Gasteiger partial charge in [-0.2, -0.15) is 0 Å². The summed E-state index contributed by atoms with van der Waals surface area (Å²) in [5.74, 6) is -0.0687. The molecule has 11 heteroatoms. The molecule has 4 amide bonds. The third kappa shape index (κ3) is 6.56. The molecule has 0 aromatic heterocycles. The van der Waals surface area contributed by atoms with E-state index in [1.54, 1.807) is 23.1 Å². The molecule has 2 aliphatic heterocycles. The van der Waals surface area contributed by atoms with Gasteiger partial charge in [-0.25, -0.2) is 4.79 Å². The predicted octanol–water partition coefficient (Wildman–Crippen LogP) is 3.46. The van der Waals surface area contributed by atoms with E-state index in [4.69, 9.17) is 21.1 Å². The molecule has 2 N–H and O–H groups in total. The first kappa shape index (κ1) is 29.4. The second-order valence-corrected chi connectivity index (χ2v) is 10.1. The normalized spacial score (nSPS) is 16.2. The molecular weight excluding hydrogens is 536 g/mol. The van der Waals surface area contributed by atoms with Gasteiger partial charge in [-0.05, 0) is 55.2 Å². The average molecular weight is 571 g/mol. The first-order valence-electron chi connectivity index (χ1n) is 13.5. The summed E-state index contributed by atoms with van der Waals surface area (Å²) in [5, 5.41) is 6.14. The molecule has 0 saturated carbocycles. The van der Waals surface area contributed by atoms with E-state index in [9.17, 15) is 19.2 Å². The lowest BCUT2D eigenvalue weighted by Crippen LogP contribution is -2.46. The number of benzene rings is 2. The highest BCUT2D eigenvalue weighted by atomic mass is 35.5. The van der Waals surface area contributed by atoms with Gasteiger partial charge in [0.25, 0.3) is 5.91 Å². The Labute approximate surface area is 238 Å². The minimum absolute atomic E-state index is 0.0947. The van der Waals surface area contributed by atoms with Crippen LogP contribution in [-0.2, 0) is 27.5 Å². The molecule has 2 unspecified atom stereocenters. The lowest BCUT2D eigenvalue weighted by molar-refractivity contribution is -0.125. The number of nitrogens with one attached hydrogen (secondary N) is 2. The SMILES string of the molecule is CCN(CCC1OCc2ccc(Cl)cc21)C(=O)NCCOc1cccc2c1CN(C(CCC=O)C(=O)NC)C2=O. The number of amides is 4. The van der Waals surface area contributed by atoms with Crippen LogP contribution in [0.2, 0.25) is 5.02 Å². The van der Waals surface area contributed by atoms with E-state index >= 15 is 0 Å². The fourth-order valence-electron chi connectivity index (χ4n) is 5.16. The summed E-state index contributed by atoms with van der Waals surface area (Å²) in [7, 11) is 1.50. The van der Waals surface area contributed by atoms with Crippen LogP contribution in [0.15, 0.2) is 36.4 Å². The smallest absolute Gasteiger partial charge is 0.317 e. The van der Waals surface area contributed by atoms with E-state index in [1.807, 2.05) is 25.1 Å². The maximum Gasteiger partial charge on any atom is 0.317 e. The lowest BCUT2D eigenvalue weighted by Gasteiger charge is -2.25. The van der Waals surface area contributed by atoms with Crippen LogP contribution in [-0.4, -0.2) is 73.3 Å². The van der Waals surface area contributed by atoms with Crippen LogP contribution in [0.1, 0.15) is 59.3 Å². The molecule has 2 atom stereocenters. The molecule has 0 saturated heterocycles. The number of rotatable bonds is 13. The summed E-state index contributed by atoms with van der Waals surface area (Å²) < 4.78 is 11.9. The molecule has 0 radical (unpaired) electrons. The number of hydrogen-bond donors (Lipinski definition) is 2. The van der Waals surface area contributed by atoms with Gasteiger partial charge in [0.15, 0.2) is 0 Å². The zero-order chi connectivity index (χ0) is 28.6. The standard InChI is InChI=1S/C29H35ClN4O6/c1-3-33(13-11-26-22-16-20(30)10-9-19(22)18-40-26)29(38)32-12-15-39-25-8-4-6-21-23(25)17-34(28(21)37)24(7-5-14-35)27(36)31-2/h4,6,8-10,14,16,24,26H,3,5,7,11-13,15,17-18H2,1-2H3,(H,31,36)(H,32,38). The van der Waals surface area contributed by atoms with E-state index in [-0.39, 0.29) is 56.5 Å². The number of fused-ring (bicyclic) bond motifs is 2. The van der Waals surface area contributed by atoms with Crippen LogP contribution in [0, 0.1) is 0 Å². The second-order valence-electron chi connectivity index (χ2n) is 9.68. The number of hydrogen-bond acceptors (Lipinski definition) is 6. The third-order valence-corrected chi connectivity index (χ3v) is 7.53. The Bertz CT molecular complexity index is 1260. The van der Waals surface area contributed by atoms with Gasteiger partial charge in [0.2, 0.25) is 5.91 Å². The molecule has 2 aliphatic rings. The number of likely N-dealkylation sites (N-methyl/N-ethyl adjacent to an activating group) is 1. The van der Waals surface area contributed by atoms with E-state index in [0.29, 0.717) is 48.0 Å². The molecule has 0 bridgehead atoms.